The van der Waals surface area contributed by atoms with Gasteiger partial charge in [-0.3, -0.25) is 0 Å². The van der Waals surface area contributed by atoms with Gasteiger partial charge in [0.15, 0.2) is 0 Å². The monoisotopic (exact) mass is 208 g/mol. The number of aromatic nitrogens is 2. The van der Waals surface area contributed by atoms with Crippen molar-refractivity contribution in [3.63, 3.8) is 0 Å². The zero-order valence-corrected chi connectivity index (χ0v) is 9.09. The molecule has 1 aromatic heterocycles. The van der Waals surface area contributed by atoms with E-state index in [0.29, 0.717) is 0 Å². The van der Waals surface area contributed by atoms with Crippen LogP contribution in [-0.4, -0.2) is 9.78 Å². The lowest BCUT2D eigenvalue weighted by molar-refractivity contribution is 0.902. The number of aryl methyl sites for hydroxylation is 1. The molecule has 0 spiro atoms. The van der Waals surface area contributed by atoms with Crippen LogP contribution < -0.4 is 0 Å². The van der Waals surface area contributed by atoms with Crippen LogP contribution in [0.3, 0.4) is 0 Å². The van der Waals surface area contributed by atoms with Crippen molar-refractivity contribution in [1.82, 2.24) is 9.78 Å². The molecule has 0 amide bonds. The lowest BCUT2D eigenvalue weighted by atomic mass is 10.2. The third-order valence-corrected chi connectivity index (χ3v) is 2.82. The Bertz CT molecular complexity index is 638. The minimum absolute atomic E-state index is 1.14. The summed E-state index contributed by atoms with van der Waals surface area (Å²) in [6.07, 6.45) is 1.90. The van der Waals surface area contributed by atoms with Crippen molar-refractivity contribution in [3.05, 3.63) is 60.3 Å². The normalized spacial score (nSPS) is 10.8. The molecule has 0 saturated heterocycles. The van der Waals surface area contributed by atoms with Gasteiger partial charge in [0.25, 0.3) is 0 Å². The molecule has 0 aliphatic heterocycles. The smallest absolute Gasteiger partial charge is 0.0741 e. The number of nitrogens with zero attached hydrogens (tertiary/aromatic N) is 2. The maximum absolute atomic E-state index is 4.44. The lowest BCUT2D eigenvalue weighted by Crippen LogP contribution is -1.97. The van der Waals surface area contributed by atoms with Crippen LogP contribution in [0.15, 0.2) is 54.7 Å². The molecule has 16 heavy (non-hydrogen) atoms. The van der Waals surface area contributed by atoms with Crippen LogP contribution in [0.2, 0.25) is 0 Å². The number of rotatable bonds is 1. The van der Waals surface area contributed by atoms with Crippen LogP contribution >= 0.6 is 0 Å². The molecule has 0 unspecified atom stereocenters. The Balaban J connectivity index is 2.31. The van der Waals surface area contributed by atoms with E-state index in [4.69, 9.17) is 0 Å². The Labute approximate surface area is 94.1 Å². The quantitative estimate of drug-likeness (QED) is 0.599. The third-order valence-electron chi connectivity index (χ3n) is 2.82. The Morgan fingerprint density at radius 2 is 1.69 bits per heavy atom. The van der Waals surface area contributed by atoms with Crippen molar-refractivity contribution in [2.24, 2.45) is 0 Å². The SMILES string of the molecule is Cc1ccccc1-n1ncc2ccccc21. The summed E-state index contributed by atoms with van der Waals surface area (Å²) in [5, 5.41) is 5.62. The molecule has 0 aliphatic carbocycles. The van der Waals surface area contributed by atoms with Crippen LogP contribution in [0.5, 0.6) is 0 Å². The van der Waals surface area contributed by atoms with E-state index in [-0.39, 0.29) is 0 Å². The van der Waals surface area contributed by atoms with Crippen molar-refractivity contribution < 1.29 is 0 Å². The highest BCUT2D eigenvalue weighted by Gasteiger charge is 2.05. The van der Waals surface area contributed by atoms with E-state index in [0.717, 1.165) is 11.2 Å². The first-order valence-corrected chi connectivity index (χ1v) is 5.35. The predicted molar refractivity (Wildman–Crippen MR) is 65.8 cm³/mol. The van der Waals surface area contributed by atoms with E-state index in [2.05, 4.69) is 36.3 Å². The third kappa shape index (κ3) is 1.31. The second kappa shape index (κ2) is 3.49. The van der Waals surface area contributed by atoms with E-state index in [1.165, 1.54) is 10.9 Å². The van der Waals surface area contributed by atoms with Crippen LogP contribution in [0.1, 0.15) is 5.56 Å². The zero-order valence-electron chi connectivity index (χ0n) is 9.09. The van der Waals surface area contributed by atoms with Crippen molar-refractivity contribution in [3.8, 4) is 5.69 Å². The van der Waals surface area contributed by atoms with Crippen LogP contribution in [-0.2, 0) is 0 Å². The molecular formula is C14H12N2. The van der Waals surface area contributed by atoms with Crippen LogP contribution in [0.4, 0.5) is 0 Å². The Kier molecular flexibility index (Phi) is 2.00. The summed E-state index contributed by atoms with van der Waals surface area (Å²) in [4.78, 5) is 0. The number of hydrogen-bond acceptors (Lipinski definition) is 1. The van der Waals surface area contributed by atoms with Crippen LogP contribution in [0, 0.1) is 6.92 Å². The number of para-hydroxylation sites is 2. The predicted octanol–water partition coefficient (Wildman–Crippen LogP) is 3.33. The summed E-state index contributed by atoms with van der Waals surface area (Å²) in [6.45, 7) is 2.10. The minimum atomic E-state index is 1.14. The van der Waals surface area contributed by atoms with Crippen molar-refractivity contribution >= 4 is 10.9 Å². The van der Waals surface area contributed by atoms with Gasteiger partial charge in [-0.2, -0.15) is 5.10 Å². The van der Waals surface area contributed by atoms with Gasteiger partial charge in [0, 0.05) is 5.39 Å². The molecule has 3 rings (SSSR count). The maximum atomic E-state index is 4.44. The molecule has 2 heteroatoms. The highest BCUT2D eigenvalue weighted by molar-refractivity contribution is 5.80. The molecule has 78 valence electrons. The number of hydrogen-bond donors (Lipinski definition) is 0. The van der Waals surface area contributed by atoms with Gasteiger partial charge < -0.3 is 0 Å². The largest absolute Gasteiger partial charge is 0.233 e. The standard InChI is InChI=1S/C14H12N2/c1-11-6-2-4-8-13(11)16-14-9-5-3-7-12(14)10-15-16/h2-10H,1H3. The Hall–Kier alpha value is -2.09. The Morgan fingerprint density at radius 1 is 0.938 bits per heavy atom. The number of fused-ring (bicyclic) bond motifs is 1. The van der Waals surface area contributed by atoms with E-state index < -0.39 is 0 Å². The van der Waals surface area contributed by atoms with E-state index >= 15 is 0 Å². The molecule has 0 aliphatic rings. The summed E-state index contributed by atoms with van der Waals surface area (Å²) >= 11 is 0. The van der Waals surface area contributed by atoms with E-state index in [1.807, 2.05) is 35.1 Å². The molecule has 0 fully saturated rings. The van der Waals surface area contributed by atoms with Gasteiger partial charge in [-0.05, 0) is 24.6 Å². The van der Waals surface area contributed by atoms with Gasteiger partial charge in [0.05, 0.1) is 17.4 Å². The first-order valence-electron chi connectivity index (χ1n) is 5.35. The fourth-order valence-electron chi connectivity index (χ4n) is 1.96. The van der Waals surface area contributed by atoms with Crippen molar-refractivity contribution in [2.45, 2.75) is 6.92 Å². The highest BCUT2D eigenvalue weighted by atomic mass is 15.3. The molecule has 0 N–H and O–H groups in total. The maximum Gasteiger partial charge on any atom is 0.0741 e. The molecule has 0 bridgehead atoms. The summed E-state index contributed by atoms with van der Waals surface area (Å²) in [7, 11) is 0. The van der Waals surface area contributed by atoms with E-state index in [1.54, 1.807) is 0 Å². The first kappa shape index (κ1) is 9.16. The molecular weight excluding hydrogens is 196 g/mol. The van der Waals surface area contributed by atoms with Crippen molar-refractivity contribution in [2.75, 3.05) is 0 Å². The molecule has 2 nitrogen and oxygen atoms in total. The number of benzene rings is 2. The summed E-state index contributed by atoms with van der Waals surface area (Å²) in [6, 6.07) is 16.5. The Morgan fingerprint density at radius 3 is 2.56 bits per heavy atom. The molecule has 1 heterocycles. The molecule has 2 aromatic carbocycles. The van der Waals surface area contributed by atoms with Gasteiger partial charge in [-0.1, -0.05) is 36.4 Å². The van der Waals surface area contributed by atoms with Gasteiger partial charge in [-0.15, -0.1) is 0 Å². The second-order valence-electron chi connectivity index (χ2n) is 3.90. The highest BCUT2D eigenvalue weighted by Crippen LogP contribution is 2.19. The van der Waals surface area contributed by atoms with Gasteiger partial charge in [0.1, 0.15) is 0 Å². The zero-order chi connectivity index (χ0) is 11.0. The minimum Gasteiger partial charge on any atom is -0.233 e. The fraction of sp³-hybridized carbons (Fsp3) is 0.0714. The van der Waals surface area contributed by atoms with Crippen molar-refractivity contribution in [1.29, 1.82) is 0 Å². The van der Waals surface area contributed by atoms with Crippen LogP contribution in [0.25, 0.3) is 16.6 Å². The first-order chi connectivity index (χ1) is 7.86. The average Bonchev–Trinajstić information content (AvgIpc) is 2.74. The average molecular weight is 208 g/mol. The summed E-state index contributed by atoms with van der Waals surface area (Å²) in [5.41, 5.74) is 3.52. The van der Waals surface area contributed by atoms with Gasteiger partial charge in [0.2, 0.25) is 0 Å². The lowest BCUT2D eigenvalue weighted by Gasteiger charge is -2.06. The van der Waals surface area contributed by atoms with Gasteiger partial charge >= 0.3 is 0 Å². The molecule has 3 aromatic rings. The molecule has 0 saturated carbocycles. The summed E-state index contributed by atoms with van der Waals surface area (Å²) in [5.74, 6) is 0. The van der Waals surface area contributed by atoms with Gasteiger partial charge in [-0.25, -0.2) is 4.68 Å². The second-order valence-corrected chi connectivity index (χ2v) is 3.90. The van der Waals surface area contributed by atoms with E-state index in [9.17, 15) is 0 Å². The molecule has 0 radical (unpaired) electrons. The molecule has 0 atom stereocenters. The topological polar surface area (TPSA) is 17.8 Å². The summed E-state index contributed by atoms with van der Waals surface area (Å²) < 4.78 is 1.99. The fourth-order valence-corrected chi connectivity index (χ4v) is 1.96.